The second-order valence-electron chi connectivity index (χ2n) is 7.57. The first-order chi connectivity index (χ1) is 12.7. The maximum absolute atomic E-state index is 13.0. The fourth-order valence-electron chi connectivity index (χ4n) is 3.86. The molecule has 0 bridgehead atoms. The van der Waals surface area contributed by atoms with Crippen LogP contribution >= 0.6 is 0 Å². The third-order valence-electron chi connectivity index (χ3n) is 5.61. The Bertz CT molecular complexity index is 780. The Morgan fingerprint density at radius 2 is 2.08 bits per heavy atom. The van der Waals surface area contributed by atoms with E-state index in [0.717, 1.165) is 36.7 Å². The molecule has 1 saturated carbocycles. The van der Waals surface area contributed by atoms with Crippen LogP contribution in [0.15, 0.2) is 30.3 Å². The first kappa shape index (κ1) is 17.3. The van der Waals surface area contributed by atoms with E-state index in [1.54, 1.807) is 7.11 Å². The molecule has 2 aromatic rings. The summed E-state index contributed by atoms with van der Waals surface area (Å²) < 4.78 is 7.55. The average Bonchev–Trinajstić information content (AvgIpc) is 3.44. The molecule has 0 N–H and O–H groups in total. The molecule has 1 aliphatic carbocycles. The molecule has 5 heteroatoms. The van der Waals surface area contributed by atoms with Crippen LogP contribution in [0.25, 0.3) is 0 Å². The number of hydrogen-bond acceptors (Lipinski definition) is 3. The smallest absolute Gasteiger partial charge is 0.230 e. The predicted octanol–water partition coefficient (Wildman–Crippen LogP) is 3.13. The van der Waals surface area contributed by atoms with E-state index in [9.17, 15) is 4.79 Å². The summed E-state index contributed by atoms with van der Waals surface area (Å²) in [6.45, 7) is 4.94. The van der Waals surface area contributed by atoms with Crippen LogP contribution in [0, 0.1) is 5.92 Å². The van der Waals surface area contributed by atoms with Crippen LogP contribution in [-0.2, 0) is 35.6 Å². The van der Waals surface area contributed by atoms with Crippen LogP contribution in [0.5, 0.6) is 0 Å². The van der Waals surface area contributed by atoms with E-state index in [-0.39, 0.29) is 11.8 Å². The quantitative estimate of drug-likeness (QED) is 0.802. The zero-order valence-corrected chi connectivity index (χ0v) is 15.6. The summed E-state index contributed by atoms with van der Waals surface area (Å²) in [6, 6.07) is 10.0. The summed E-state index contributed by atoms with van der Waals surface area (Å²) in [6.07, 6.45) is 3.51. The highest BCUT2D eigenvalue weighted by molar-refractivity contribution is 5.83. The van der Waals surface area contributed by atoms with Gasteiger partial charge >= 0.3 is 0 Å². The number of amides is 1. The van der Waals surface area contributed by atoms with Crippen LogP contribution in [-0.4, -0.2) is 34.2 Å². The topological polar surface area (TPSA) is 47.4 Å². The maximum Gasteiger partial charge on any atom is 0.230 e. The molecule has 1 amide bonds. The number of carbonyl (C=O) groups excluding carboxylic acids is 1. The number of rotatable bonds is 6. The molecule has 1 aromatic heterocycles. The Labute approximate surface area is 154 Å². The zero-order valence-electron chi connectivity index (χ0n) is 15.6. The molecule has 138 valence electrons. The summed E-state index contributed by atoms with van der Waals surface area (Å²) in [5.41, 5.74) is 4.57. The molecule has 1 fully saturated rings. The van der Waals surface area contributed by atoms with Crippen molar-refractivity contribution in [2.24, 2.45) is 5.92 Å². The summed E-state index contributed by atoms with van der Waals surface area (Å²) in [4.78, 5) is 15.0. The van der Waals surface area contributed by atoms with Crippen molar-refractivity contribution in [2.75, 3.05) is 13.7 Å². The number of hydrogen-bond donors (Lipinski definition) is 0. The lowest BCUT2D eigenvalue weighted by Gasteiger charge is -2.30. The normalized spacial score (nSPS) is 17.8. The number of aromatic nitrogens is 2. The van der Waals surface area contributed by atoms with E-state index in [4.69, 9.17) is 9.84 Å². The first-order valence-electron chi connectivity index (χ1n) is 9.57. The number of nitrogens with zero attached hydrogens (tertiary/aromatic N) is 3. The minimum atomic E-state index is -0.120. The maximum atomic E-state index is 13.0. The third-order valence-corrected chi connectivity index (χ3v) is 5.61. The van der Waals surface area contributed by atoms with Gasteiger partial charge in [-0.05, 0) is 31.2 Å². The van der Waals surface area contributed by atoms with Gasteiger partial charge in [0.05, 0.1) is 18.2 Å². The van der Waals surface area contributed by atoms with Crippen molar-refractivity contribution in [3.8, 4) is 0 Å². The largest absolute Gasteiger partial charge is 0.378 e. The Morgan fingerprint density at radius 1 is 1.31 bits per heavy atom. The third kappa shape index (κ3) is 3.40. The molecule has 0 unspecified atom stereocenters. The molecule has 2 heterocycles. The molecule has 4 rings (SSSR count). The number of benzene rings is 1. The number of carbonyl (C=O) groups is 1. The van der Waals surface area contributed by atoms with E-state index >= 15 is 0 Å². The van der Waals surface area contributed by atoms with E-state index in [2.05, 4.69) is 4.68 Å². The van der Waals surface area contributed by atoms with Crippen LogP contribution in [0.3, 0.4) is 0 Å². The van der Waals surface area contributed by atoms with E-state index < -0.39 is 0 Å². The van der Waals surface area contributed by atoms with E-state index in [1.165, 1.54) is 24.1 Å². The van der Waals surface area contributed by atoms with Crippen molar-refractivity contribution < 1.29 is 9.53 Å². The molecule has 0 spiro atoms. The molecule has 1 aliphatic heterocycles. The molecule has 0 saturated heterocycles. The molecule has 2 aliphatic rings. The Hall–Kier alpha value is -2.14. The van der Waals surface area contributed by atoms with Gasteiger partial charge in [-0.2, -0.15) is 5.10 Å². The minimum absolute atomic E-state index is 0.120. The van der Waals surface area contributed by atoms with Crippen molar-refractivity contribution in [1.82, 2.24) is 14.7 Å². The Kier molecular flexibility index (Phi) is 4.81. The Morgan fingerprint density at radius 3 is 2.77 bits per heavy atom. The van der Waals surface area contributed by atoms with Gasteiger partial charge in [0.1, 0.15) is 0 Å². The van der Waals surface area contributed by atoms with Gasteiger partial charge in [0.15, 0.2) is 0 Å². The molecule has 26 heavy (non-hydrogen) atoms. The highest BCUT2D eigenvalue weighted by Gasteiger charge is 2.31. The van der Waals surface area contributed by atoms with Gasteiger partial charge in [-0.3, -0.25) is 9.48 Å². The Balaban J connectivity index is 1.54. The molecular formula is C21H27N3O2. The van der Waals surface area contributed by atoms with Gasteiger partial charge in [0.2, 0.25) is 5.91 Å². The van der Waals surface area contributed by atoms with Crippen molar-refractivity contribution in [2.45, 2.75) is 51.8 Å². The van der Waals surface area contributed by atoms with Gasteiger partial charge in [-0.15, -0.1) is 0 Å². The molecule has 1 aromatic carbocycles. The van der Waals surface area contributed by atoms with Gasteiger partial charge in [0.25, 0.3) is 0 Å². The lowest BCUT2D eigenvalue weighted by molar-refractivity contribution is -0.133. The molecule has 1 atom stereocenters. The monoisotopic (exact) mass is 353 g/mol. The van der Waals surface area contributed by atoms with Gasteiger partial charge in [-0.25, -0.2) is 0 Å². The highest BCUT2D eigenvalue weighted by atomic mass is 16.5. The molecule has 5 nitrogen and oxygen atoms in total. The fraction of sp³-hybridized carbons (Fsp3) is 0.524. The average molecular weight is 353 g/mol. The molecule has 0 radical (unpaired) electrons. The van der Waals surface area contributed by atoms with E-state index in [1.807, 2.05) is 42.2 Å². The lowest BCUT2D eigenvalue weighted by Crippen LogP contribution is -2.39. The van der Waals surface area contributed by atoms with E-state index in [0.29, 0.717) is 13.2 Å². The van der Waals surface area contributed by atoms with Crippen molar-refractivity contribution >= 4 is 5.91 Å². The van der Waals surface area contributed by atoms with Crippen molar-refractivity contribution in [3.63, 3.8) is 0 Å². The van der Waals surface area contributed by atoms with Crippen molar-refractivity contribution in [1.29, 1.82) is 0 Å². The summed E-state index contributed by atoms with van der Waals surface area (Å²) in [5, 5.41) is 4.81. The molecular weight excluding hydrogens is 326 g/mol. The van der Waals surface area contributed by atoms with Crippen LogP contribution < -0.4 is 0 Å². The van der Waals surface area contributed by atoms with Crippen LogP contribution in [0.1, 0.15) is 48.2 Å². The summed E-state index contributed by atoms with van der Waals surface area (Å²) in [7, 11) is 1.70. The zero-order chi connectivity index (χ0) is 18.1. The van der Waals surface area contributed by atoms with Gasteiger partial charge < -0.3 is 9.64 Å². The van der Waals surface area contributed by atoms with Crippen LogP contribution in [0.2, 0.25) is 0 Å². The second-order valence-corrected chi connectivity index (χ2v) is 7.57. The van der Waals surface area contributed by atoms with Crippen molar-refractivity contribution in [3.05, 3.63) is 52.8 Å². The summed E-state index contributed by atoms with van der Waals surface area (Å²) >= 11 is 0. The second kappa shape index (κ2) is 7.23. The predicted molar refractivity (Wildman–Crippen MR) is 99.6 cm³/mol. The van der Waals surface area contributed by atoms with Gasteiger partial charge in [-0.1, -0.05) is 30.3 Å². The number of fused-ring (bicyclic) bond motifs is 1. The number of ether oxygens (including phenoxy) is 1. The lowest BCUT2D eigenvalue weighted by atomic mass is 9.97. The highest BCUT2D eigenvalue weighted by Crippen LogP contribution is 2.33. The standard InChI is InChI=1S/C21H27N3O2/c1-15(17-6-4-3-5-7-17)21(25)23-11-10-20-18(13-23)19(14-26-2)22-24(20)12-16-8-9-16/h3-7,15-16H,8-14H2,1-2H3/t15-/m0/s1. The fourth-order valence-corrected chi connectivity index (χ4v) is 3.86. The van der Waals surface area contributed by atoms with Gasteiger partial charge in [0, 0.05) is 44.4 Å². The summed E-state index contributed by atoms with van der Waals surface area (Å²) in [5.74, 6) is 0.859. The van der Waals surface area contributed by atoms with Crippen LogP contribution in [0.4, 0.5) is 0 Å². The minimum Gasteiger partial charge on any atom is -0.378 e. The SMILES string of the molecule is COCc1nn(CC2CC2)c2c1CN(C(=O)[C@@H](C)c1ccccc1)CC2. The first-order valence-corrected chi connectivity index (χ1v) is 9.57. The number of methoxy groups -OCH3 is 1.